The molecule has 0 fully saturated rings. The molecule has 0 radical (unpaired) electrons. The van der Waals surface area contributed by atoms with Crippen LogP contribution in [0.4, 0.5) is 5.69 Å². The molecule has 5 N–H and O–H groups in total. The van der Waals surface area contributed by atoms with Crippen molar-refractivity contribution >= 4 is 5.69 Å². The summed E-state index contributed by atoms with van der Waals surface area (Å²) in [4.78, 5) is 0. The summed E-state index contributed by atoms with van der Waals surface area (Å²) in [6, 6.07) is 11.4. The van der Waals surface area contributed by atoms with Gasteiger partial charge in [-0.15, -0.1) is 0 Å². The van der Waals surface area contributed by atoms with Gasteiger partial charge < -0.3 is 21.1 Å². The Morgan fingerprint density at radius 2 is 1.80 bits per heavy atom. The molecule has 0 bridgehead atoms. The van der Waals surface area contributed by atoms with E-state index in [4.69, 9.17) is 10.8 Å². The lowest BCUT2D eigenvalue weighted by molar-refractivity contribution is 0.269. The molecule has 0 amide bonds. The van der Waals surface area contributed by atoms with Gasteiger partial charge in [-0.05, 0) is 42.5 Å². The van der Waals surface area contributed by atoms with Crippen molar-refractivity contribution in [2.24, 2.45) is 0 Å². The van der Waals surface area contributed by atoms with Gasteiger partial charge >= 0.3 is 0 Å². The highest BCUT2D eigenvalue weighted by molar-refractivity contribution is 5.74. The van der Waals surface area contributed by atoms with E-state index in [1.54, 1.807) is 23.0 Å². The van der Waals surface area contributed by atoms with Gasteiger partial charge in [-0.2, -0.15) is 5.10 Å². The Balaban J connectivity index is 2.06. The van der Waals surface area contributed by atoms with E-state index in [0.29, 0.717) is 29.1 Å². The third-order valence-corrected chi connectivity index (χ3v) is 3.58. The molecule has 0 aliphatic heterocycles. The predicted octanol–water partition coefficient (Wildman–Crippen LogP) is 1.94. The van der Waals surface area contributed by atoms with E-state index >= 15 is 0 Å². The Morgan fingerprint density at radius 3 is 2.52 bits per heavy atom. The second kappa shape index (κ2) is 6.99. The Kier molecular flexibility index (Phi) is 4.59. The number of benzene rings is 2. The smallest absolute Gasteiger partial charge is 0.125 e. The summed E-state index contributed by atoms with van der Waals surface area (Å²) in [6.45, 7) is 0.230. The SMILES string of the molecule is Nc1ccc(C#Cc2cn(CCO)nc2-c2cc(O)ccc2O)cc1. The van der Waals surface area contributed by atoms with Crippen molar-refractivity contribution in [2.45, 2.75) is 6.54 Å². The van der Waals surface area contributed by atoms with Gasteiger partial charge in [0.15, 0.2) is 0 Å². The van der Waals surface area contributed by atoms with Crippen LogP contribution in [0.5, 0.6) is 11.5 Å². The highest BCUT2D eigenvalue weighted by Gasteiger charge is 2.14. The minimum Gasteiger partial charge on any atom is -0.508 e. The van der Waals surface area contributed by atoms with Crippen molar-refractivity contribution in [2.75, 3.05) is 12.3 Å². The number of aromatic hydroxyl groups is 2. The molecule has 2 aromatic carbocycles. The van der Waals surface area contributed by atoms with Crippen molar-refractivity contribution in [3.05, 3.63) is 59.8 Å². The average molecular weight is 335 g/mol. The van der Waals surface area contributed by atoms with Crippen LogP contribution >= 0.6 is 0 Å². The fourth-order valence-corrected chi connectivity index (χ4v) is 2.35. The zero-order chi connectivity index (χ0) is 17.8. The molecule has 0 aliphatic rings. The van der Waals surface area contributed by atoms with Gasteiger partial charge in [0.25, 0.3) is 0 Å². The molecule has 3 aromatic rings. The van der Waals surface area contributed by atoms with Crippen LogP contribution in [0, 0.1) is 11.8 Å². The van der Waals surface area contributed by atoms with Gasteiger partial charge in [0.1, 0.15) is 17.2 Å². The third kappa shape index (κ3) is 3.74. The topological polar surface area (TPSA) is 105 Å². The van der Waals surface area contributed by atoms with Crippen LogP contribution in [0.15, 0.2) is 48.7 Å². The largest absolute Gasteiger partial charge is 0.508 e. The van der Waals surface area contributed by atoms with E-state index in [1.807, 2.05) is 12.1 Å². The molecule has 0 spiro atoms. The second-order valence-corrected chi connectivity index (χ2v) is 5.45. The number of aliphatic hydroxyl groups is 1. The summed E-state index contributed by atoms with van der Waals surface area (Å²) >= 11 is 0. The summed E-state index contributed by atoms with van der Waals surface area (Å²) in [6.07, 6.45) is 1.69. The first-order chi connectivity index (χ1) is 12.1. The number of rotatable bonds is 3. The van der Waals surface area contributed by atoms with Crippen LogP contribution in [0.2, 0.25) is 0 Å². The Morgan fingerprint density at radius 1 is 1.04 bits per heavy atom. The summed E-state index contributed by atoms with van der Waals surface area (Å²) < 4.78 is 1.55. The van der Waals surface area contributed by atoms with Crippen LogP contribution in [0.25, 0.3) is 11.3 Å². The fourth-order valence-electron chi connectivity index (χ4n) is 2.35. The first-order valence-electron chi connectivity index (χ1n) is 7.65. The maximum atomic E-state index is 10.1. The Labute approximate surface area is 144 Å². The quantitative estimate of drug-likeness (QED) is 0.333. The number of nitrogens with zero attached hydrogens (tertiary/aromatic N) is 2. The van der Waals surface area contributed by atoms with Gasteiger partial charge in [0.05, 0.1) is 18.7 Å². The zero-order valence-electron chi connectivity index (χ0n) is 13.3. The minimum atomic E-state index is -0.0715. The maximum absolute atomic E-state index is 10.1. The summed E-state index contributed by atoms with van der Waals surface area (Å²) in [5.41, 5.74) is 8.49. The van der Waals surface area contributed by atoms with E-state index in [2.05, 4.69) is 16.9 Å². The second-order valence-electron chi connectivity index (χ2n) is 5.45. The molecular weight excluding hydrogens is 318 g/mol. The van der Waals surface area contributed by atoms with Crippen LogP contribution in [-0.4, -0.2) is 31.7 Å². The number of nitrogen functional groups attached to an aromatic ring is 1. The molecule has 0 aliphatic carbocycles. The highest BCUT2D eigenvalue weighted by atomic mass is 16.3. The van der Waals surface area contributed by atoms with E-state index < -0.39 is 0 Å². The van der Waals surface area contributed by atoms with E-state index in [9.17, 15) is 10.2 Å². The first-order valence-corrected chi connectivity index (χ1v) is 7.65. The van der Waals surface area contributed by atoms with Gasteiger partial charge in [-0.25, -0.2) is 0 Å². The van der Waals surface area contributed by atoms with Crippen molar-refractivity contribution in [3.8, 4) is 34.6 Å². The predicted molar refractivity (Wildman–Crippen MR) is 94.9 cm³/mol. The van der Waals surface area contributed by atoms with Crippen LogP contribution in [-0.2, 0) is 6.54 Å². The fraction of sp³-hybridized carbons (Fsp3) is 0.105. The first kappa shape index (κ1) is 16.4. The Hall–Kier alpha value is -3.43. The van der Waals surface area contributed by atoms with Crippen molar-refractivity contribution < 1.29 is 15.3 Å². The lowest BCUT2D eigenvalue weighted by Crippen LogP contribution is -2.02. The molecule has 6 heteroatoms. The normalized spacial score (nSPS) is 10.3. The molecule has 1 heterocycles. The van der Waals surface area contributed by atoms with Crippen LogP contribution in [0.3, 0.4) is 0 Å². The number of anilines is 1. The number of aromatic nitrogens is 2. The standard InChI is InChI=1S/C19H17N3O3/c20-15-5-2-13(3-6-15)1-4-14-12-22(9-10-23)21-19(14)17-11-16(24)7-8-18(17)25/h2-3,5-8,11-12,23-25H,9-10,20H2. The molecule has 1 aromatic heterocycles. The van der Waals surface area contributed by atoms with E-state index in [-0.39, 0.29) is 18.1 Å². The van der Waals surface area contributed by atoms with E-state index in [1.165, 1.54) is 18.2 Å². The molecule has 25 heavy (non-hydrogen) atoms. The Bertz CT molecular complexity index is 950. The summed E-state index contributed by atoms with van der Waals surface area (Å²) in [7, 11) is 0. The number of phenols is 2. The van der Waals surface area contributed by atoms with Gasteiger partial charge in [0.2, 0.25) is 0 Å². The number of phenolic OH excluding ortho intramolecular Hbond substituents is 2. The average Bonchev–Trinajstić information content (AvgIpc) is 2.99. The zero-order valence-corrected chi connectivity index (χ0v) is 13.3. The monoisotopic (exact) mass is 335 g/mol. The molecule has 3 rings (SSSR count). The molecule has 126 valence electrons. The van der Waals surface area contributed by atoms with Gasteiger partial charge in [-0.3, -0.25) is 4.68 Å². The van der Waals surface area contributed by atoms with Crippen LogP contribution in [0.1, 0.15) is 11.1 Å². The van der Waals surface area contributed by atoms with Gasteiger partial charge in [-0.1, -0.05) is 11.8 Å². The molecular formula is C19H17N3O3. The maximum Gasteiger partial charge on any atom is 0.125 e. The van der Waals surface area contributed by atoms with Crippen molar-refractivity contribution in [1.82, 2.24) is 9.78 Å². The molecule has 6 nitrogen and oxygen atoms in total. The number of aliphatic hydroxyl groups excluding tert-OH is 1. The number of hydrogen-bond acceptors (Lipinski definition) is 5. The molecule has 0 atom stereocenters. The van der Waals surface area contributed by atoms with Crippen molar-refractivity contribution in [1.29, 1.82) is 0 Å². The molecule has 0 unspecified atom stereocenters. The molecule has 0 saturated heterocycles. The molecule has 0 saturated carbocycles. The minimum absolute atomic E-state index is 0.0115. The van der Waals surface area contributed by atoms with Crippen LogP contribution < -0.4 is 5.73 Å². The lowest BCUT2D eigenvalue weighted by Gasteiger charge is -2.03. The third-order valence-electron chi connectivity index (χ3n) is 3.58. The summed E-state index contributed by atoms with van der Waals surface area (Å²) in [5.74, 6) is 6.05. The van der Waals surface area contributed by atoms with Crippen molar-refractivity contribution in [3.63, 3.8) is 0 Å². The van der Waals surface area contributed by atoms with Gasteiger partial charge in [0, 0.05) is 23.0 Å². The summed E-state index contributed by atoms with van der Waals surface area (Å²) in [5, 5.41) is 33.3. The lowest BCUT2D eigenvalue weighted by atomic mass is 10.1. The number of nitrogens with two attached hydrogens (primary N) is 1. The van der Waals surface area contributed by atoms with E-state index in [0.717, 1.165) is 5.56 Å². The number of hydrogen-bond donors (Lipinski definition) is 4. The highest BCUT2D eigenvalue weighted by Crippen LogP contribution is 2.33.